The highest BCUT2D eigenvalue weighted by molar-refractivity contribution is 6.32. The second-order valence-electron chi connectivity index (χ2n) is 8.40. The van der Waals surface area contributed by atoms with E-state index in [1.165, 1.54) is 5.56 Å². The highest BCUT2D eigenvalue weighted by Gasteiger charge is 2.15. The van der Waals surface area contributed by atoms with Crippen LogP contribution in [-0.2, 0) is 12.0 Å². The summed E-state index contributed by atoms with van der Waals surface area (Å²) in [6.45, 7) is 7.74. The van der Waals surface area contributed by atoms with Gasteiger partial charge >= 0.3 is 0 Å². The molecular weight excluding hydrogens is 410 g/mol. The minimum Gasteiger partial charge on any atom is -0.456 e. The average molecular weight is 436 g/mol. The minimum atomic E-state index is 0.0430. The van der Waals surface area contributed by atoms with Crippen molar-refractivity contribution in [3.05, 3.63) is 71.6 Å². The number of benzene rings is 2. The maximum atomic E-state index is 6.53. The van der Waals surface area contributed by atoms with Gasteiger partial charge in [-0.25, -0.2) is 9.97 Å². The Balaban J connectivity index is 1.58. The normalized spacial score (nSPS) is 11.6. The topological polar surface area (TPSA) is 78.0 Å². The number of hydrogen-bond donors (Lipinski definition) is 2. The molecule has 31 heavy (non-hydrogen) atoms. The quantitative estimate of drug-likeness (QED) is 0.395. The first-order valence-electron chi connectivity index (χ1n) is 10.2. The van der Waals surface area contributed by atoms with E-state index in [2.05, 4.69) is 42.1 Å². The van der Waals surface area contributed by atoms with Gasteiger partial charge in [-0.05, 0) is 47.4 Å². The molecule has 0 spiro atoms. The summed E-state index contributed by atoms with van der Waals surface area (Å²) in [5.41, 5.74) is 9.55. The Morgan fingerprint density at radius 1 is 1.10 bits per heavy atom. The van der Waals surface area contributed by atoms with Crippen molar-refractivity contribution in [2.45, 2.75) is 32.7 Å². The van der Waals surface area contributed by atoms with Gasteiger partial charge in [0.15, 0.2) is 5.82 Å². The molecule has 3 N–H and O–H groups in total. The van der Waals surface area contributed by atoms with Crippen LogP contribution in [0.2, 0.25) is 5.02 Å². The first-order valence-corrected chi connectivity index (χ1v) is 10.6. The number of fused-ring (bicyclic) bond motifs is 1. The van der Waals surface area contributed by atoms with E-state index in [0.29, 0.717) is 29.7 Å². The van der Waals surface area contributed by atoms with E-state index < -0.39 is 0 Å². The minimum absolute atomic E-state index is 0.0430. The Morgan fingerprint density at radius 3 is 2.68 bits per heavy atom. The maximum absolute atomic E-state index is 6.53. The highest BCUT2D eigenvalue weighted by Crippen LogP contribution is 2.34. The van der Waals surface area contributed by atoms with Crippen molar-refractivity contribution in [3.8, 4) is 11.5 Å². The van der Waals surface area contributed by atoms with E-state index in [-0.39, 0.29) is 5.41 Å². The van der Waals surface area contributed by atoms with Crippen molar-refractivity contribution in [1.29, 1.82) is 0 Å². The van der Waals surface area contributed by atoms with Crippen molar-refractivity contribution >= 4 is 34.1 Å². The summed E-state index contributed by atoms with van der Waals surface area (Å²) in [5.74, 6) is 2.05. The SMILES string of the molecule is CC(C)(C)c1cccc(Oc2ccc(Nc3ncnc4ccn(CCN)c34)cc2Cl)c1. The first kappa shape index (κ1) is 21.2. The number of halogens is 1. The molecule has 0 unspecified atom stereocenters. The Labute approximate surface area is 187 Å². The third kappa shape index (κ3) is 4.65. The Morgan fingerprint density at radius 2 is 1.94 bits per heavy atom. The molecule has 4 aromatic rings. The third-order valence-corrected chi connectivity index (χ3v) is 5.34. The number of rotatable bonds is 6. The molecule has 0 aliphatic heterocycles. The lowest BCUT2D eigenvalue weighted by molar-refractivity contribution is 0.479. The number of aromatic nitrogens is 3. The number of nitrogens with two attached hydrogens (primary N) is 1. The van der Waals surface area contributed by atoms with Crippen LogP contribution in [-0.4, -0.2) is 21.1 Å². The summed E-state index contributed by atoms with van der Waals surface area (Å²) in [7, 11) is 0. The molecule has 0 amide bonds. The van der Waals surface area contributed by atoms with Gasteiger partial charge in [0.1, 0.15) is 23.3 Å². The summed E-state index contributed by atoms with van der Waals surface area (Å²) < 4.78 is 8.10. The van der Waals surface area contributed by atoms with Crippen molar-refractivity contribution in [1.82, 2.24) is 14.5 Å². The van der Waals surface area contributed by atoms with E-state index in [1.807, 2.05) is 53.2 Å². The molecule has 6 nitrogen and oxygen atoms in total. The lowest BCUT2D eigenvalue weighted by atomic mass is 9.87. The molecule has 0 radical (unpaired) electrons. The van der Waals surface area contributed by atoms with Crippen LogP contribution in [0.15, 0.2) is 61.1 Å². The fourth-order valence-corrected chi connectivity index (χ4v) is 3.62. The van der Waals surface area contributed by atoms with Crippen molar-refractivity contribution in [2.24, 2.45) is 5.73 Å². The van der Waals surface area contributed by atoms with Gasteiger partial charge < -0.3 is 20.4 Å². The monoisotopic (exact) mass is 435 g/mol. The second-order valence-corrected chi connectivity index (χ2v) is 8.81. The van der Waals surface area contributed by atoms with Crippen LogP contribution in [0.1, 0.15) is 26.3 Å². The molecular formula is C24H26ClN5O. The molecule has 0 bridgehead atoms. The molecule has 0 aliphatic rings. The number of nitrogens with one attached hydrogen (secondary N) is 1. The smallest absolute Gasteiger partial charge is 0.158 e. The average Bonchev–Trinajstić information content (AvgIpc) is 3.14. The highest BCUT2D eigenvalue weighted by atomic mass is 35.5. The molecule has 2 aromatic carbocycles. The number of hydrogen-bond acceptors (Lipinski definition) is 5. The predicted octanol–water partition coefficient (Wildman–Crippen LogP) is 5.88. The summed E-state index contributed by atoms with van der Waals surface area (Å²) >= 11 is 6.53. The molecule has 7 heteroatoms. The third-order valence-electron chi connectivity index (χ3n) is 5.04. The molecule has 4 rings (SSSR count). The lowest BCUT2D eigenvalue weighted by Crippen LogP contribution is -2.10. The van der Waals surface area contributed by atoms with Crippen molar-refractivity contribution in [2.75, 3.05) is 11.9 Å². The van der Waals surface area contributed by atoms with Crippen molar-refractivity contribution < 1.29 is 4.74 Å². The van der Waals surface area contributed by atoms with Gasteiger partial charge in [-0.2, -0.15) is 0 Å². The van der Waals surface area contributed by atoms with Gasteiger partial charge in [-0.15, -0.1) is 0 Å². The number of nitrogens with zero attached hydrogens (tertiary/aromatic N) is 3. The van der Waals surface area contributed by atoms with E-state index >= 15 is 0 Å². The number of anilines is 2. The van der Waals surface area contributed by atoms with Gasteiger partial charge in [0.25, 0.3) is 0 Å². The largest absolute Gasteiger partial charge is 0.456 e. The Bertz CT molecular complexity index is 1210. The first-order chi connectivity index (χ1) is 14.8. The molecule has 2 aromatic heterocycles. The van der Waals surface area contributed by atoms with E-state index in [0.717, 1.165) is 22.5 Å². The Kier molecular flexibility index (Phi) is 5.85. The van der Waals surface area contributed by atoms with E-state index in [9.17, 15) is 0 Å². The maximum Gasteiger partial charge on any atom is 0.158 e. The van der Waals surface area contributed by atoms with Crippen LogP contribution in [0, 0.1) is 0 Å². The van der Waals surface area contributed by atoms with Gasteiger partial charge in [0.05, 0.1) is 10.5 Å². The van der Waals surface area contributed by atoms with Crippen LogP contribution in [0.5, 0.6) is 11.5 Å². The fraction of sp³-hybridized carbons (Fsp3) is 0.250. The van der Waals surface area contributed by atoms with E-state index in [4.69, 9.17) is 22.1 Å². The zero-order valence-electron chi connectivity index (χ0n) is 17.9. The molecule has 0 saturated heterocycles. The summed E-state index contributed by atoms with van der Waals surface area (Å²) in [6.07, 6.45) is 3.51. The molecule has 0 fully saturated rings. The molecule has 160 valence electrons. The van der Waals surface area contributed by atoms with Crippen LogP contribution in [0.4, 0.5) is 11.5 Å². The van der Waals surface area contributed by atoms with Gasteiger partial charge in [0.2, 0.25) is 0 Å². The fourth-order valence-electron chi connectivity index (χ4n) is 3.40. The van der Waals surface area contributed by atoms with Crippen LogP contribution >= 0.6 is 11.6 Å². The molecule has 2 heterocycles. The van der Waals surface area contributed by atoms with Gasteiger partial charge in [-0.1, -0.05) is 44.5 Å². The molecule has 0 aliphatic carbocycles. The van der Waals surface area contributed by atoms with Crippen LogP contribution in [0.3, 0.4) is 0 Å². The van der Waals surface area contributed by atoms with E-state index in [1.54, 1.807) is 6.33 Å². The second kappa shape index (κ2) is 8.57. The van der Waals surface area contributed by atoms with Gasteiger partial charge in [-0.3, -0.25) is 0 Å². The lowest BCUT2D eigenvalue weighted by Gasteiger charge is -2.20. The zero-order valence-corrected chi connectivity index (χ0v) is 18.6. The van der Waals surface area contributed by atoms with Crippen LogP contribution in [0.25, 0.3) is 11.0 Å². The molecule has 0 atom stereocenters. The van der Waals surface area contributed by atoms with Crippen LogP contribution < -0.4 is 15.8 Å². The summed E-state index contributed by atoms with van der Waals surface area (Å²) in [6, 6.07) is 15.6. The standard InChI is InChI=1S/C24H26ClN5O/c1-24(2,3)16-5-4-6-18(13-16)31-21-8-7-17(14-19(21)25)29-23-22-20(27-15-28-23)9-11-30(22)12-10-26/h4-9,11,13-15H,10,12,26H2,1-3H3,(H,27,28,29). The Hall–Kier alpha value is -3.09. The summed E-state index contributed by atoms with van der Waals surface area (Å²) in [5, 5.41) is 3.85. The predicted molar refractivity (Wildman–Crippen MR) is 127 cm³/mol. The van der Waals surface area contributed by atoms with Gasteiger partial charge in [0, 0.05) is 25.0 Å². The van der Waals surface area contributed by atoms with Crippen molar-refractivity contribution in [3.63, 3.8) is 0 Å². The zero-order chi connectivity index (χ0) is 22.0. The summed E-state index contributed by atoms with van der Waals surface area (Å²) in [4.78, 5) is 8.74. The number of ether oxygens (including phenoxy) is 1. The molecule has 0 saturated carbocycles.